The Bertz CT molecular complexity index is 439. The van der Waals surface area contributed by atoms with Gasteiger partial charge in [0.05, 0.1) is 13.7 Å². The summed E-state index contributed by atoms with van der Waals surface area (Å²) < 4.78 is 5.08. The van der Waals surface area contributed by atoms with Crippen molar-refractivity contribution >= 4 is 5.91 Å². The van der Waals surface area contributed by atoms with Gasteiger partial charge in [-0.3, -0.25) is 4.79 Å². The van der Waals surface area contributed by atoms with Crippen LogP contribution in [0.25, 0.3) is 0 Å². The summed E-state index contributed by atoms with van der Waals surface area (Å²) in [6.45, 7) is 6.39. The van der Waals surface area contributed by atoms with Crippen molar-refractivity contribution in [3.05, 3.63) is 23.8 Å². The highest BCUT2D eigenvalue weighted by Gasteiger charge is 2.13. The van der Waals surface area contributed by atoms with Crippen molar-refractivity contribution in [3.63, 3.8) is 0 Å². The van der Waals surface area contributed by atoms with E-state index in [9.17, 15) is 9.90 Å². The van der Waals surface area contributed by atoms with Crippen molar-refractivity contribution in [2.45, 2.75) is 32.9 Å². The number of benzene rings is 1. The van der Waals surface area contributed by atoms with Gasteiger partial charge in [0, 0.05) is 17.6 Å². The van der Waals surface area contributed by atoms with Gasteiger partial charge in [-0.25, -0.2) is 0 Å². The van der Waals surface area contributed by atoms with Gasteiger partial charge >= 0.3 is 0 Å². The number of methoxy groups -OCH3 is 1. The van der Waals surface area contributed by atoms with Gasteiger partial charge < -0.3 is 20.5 Å². The third-order valence-corrected chi connectivity index (χ3v) is 2.40. The second kappa shape index (κ2) is 6.43. The molecule has 0 unspecified atom stereocenters. The predicted molar refractivity (Wildman–Crippen MR) is 74.3 cm³/mol. The van der Waals surface area contributed by atoms with E-state index in [4.69, 9.17) is 4.74 Å². The molecule has 0 heterocycles. The first kappa shape index (κ1) is 15.3. The van der Waals surface area contributed by atoms with E-state index in [1.165, 1.54) is 0 Å². The fourth-order valence-corrected chi connectivity index (χ4v) is 1.60. The molecule has 0 radical (unpaired) electrons. The van der Waals surface area contributed by atoms with Gasteiger partial charge in [-0.05, 0) is 39.0 Å². The number of amides is 1. The normalized spacial score (nSPS) is 11.2. The summed E-state index contributed by atoms with van der Waals surface area (Å²) in [5.41, 5.74) is 0.458. The topological polar surface area (TPSA) is 70.6 Å². The predicted octanol–water partition coefficient (Wildman–Crippen LogP) is 1.41. The first-order chi connectivity index (χ1) is 8.81. The Labute approximate surface area is 114 Å². The van der Waals surface area contributed by atoms with Crippen molar-refractivity contribution in [2.24, 2.45) is 0 Å². The molecule has 0 atom stereocenters. The van der Waals surface area contributed by atoms with E-state index in [0.717, 1.165) is 0 Å². The molecule has 19 heavy (non-hydrogen) atoms. The van der Waals surface area contributed by atoms with Crippen molar-refractivity contribution in [1.82, 2.24) is 10.6 Å². The zero-order chi connectivity index (χ0) is 14.5. The second-order valence-electron chi connectivity index (χ2n) is 5.40. The molecule has 0 aliphatic carbocycles. The molecule has 0 spiro atoms. The average molecular weight is 266 g/mol. The van der Waals surface area contributed by atoms with Gasteiger partial charge in [0.2, 0.25) is 5.91 Å². The van der Waals surface area contributed by atoms with Crippen LogP contribution in [-0.2, 0) is 11.3 Å². The molecular weight excluding hydrogens is 244 g/mol. The maximum Gasteiger partial charge on any atom is 0.234 e. The minimum absolute atomic E-state index is 0.0742. The van der Waals surface area contributed by atoms with E-state index < -0.39 is 0 Å². The first-order valence-electron chi connectivity index (χ1n) is 6.19. The van der Waals surface area contributed by atoms with Gasteiger partial charge in [0.1, 0.15) is 11.5 Å². The van der Waals surface area contributed by atoms with Crippen LogP contribution in [0.1, 0.15) is 26.3 Å². The zero-order valence-electron chi connectivity index (χ0n) is 11.9. The lowest BCUT2D eigenvalue weighted by Gasteiger charge is -2.20. The second-order valence-corrected chi connectivity index (χ2v) is 5.40. The molecule has 3 N–H and O–H groups in total. The van der Waals surface area contributed by atoms with Crippen LogP contribution in [-0.4, -0.2) is 30.2 Å². The van der Waals surface area contributed by atoms with Crippen LogP contribution in [0, 0.1) is 0 Å². The van der Waals surface area contributed by atoms with Gasteiger partial charge in [0.15, 0.2) is 0 Å². The number of phenols is 1. The Morgan fingerprint density at radius 2 is 2.05 bits per heavy atom. The molecule has 0 fully saturated rings. The molecule has 0 aromatic heterocycles. The first-order valence-corrected chi connectivity index (χ1v) is 6.19. The Hall–Kier alpha value is -1.75. The average Bonchev–Trinajstić information content (AvgIpc) is 2.29. The number of ether oxygens (including phenoxy) is 1. The van der Waals surface area contributed by atoms with Crippen molar-refractivity contribution < 1.29 is 14.6 Å². The van der Waals surface area contributed by atoms with E-state index in [1.54, 1.807) is 25.3 Å². The van der Waals surface area contributed by atoms with Gasteiger partial charge in [0.25, 0.3) is 0 Å². The number of phenolic OH excluding ortho intramolecular Hbond substituents is 1. The van der Waals surface area contributed by atoms with Crippen LogP contribution in [0.4, 0.5) is 0 Å². The molecule has 1 aromatic carbocycles. The molecule has 5 heteroatoms. The van der Waals surface area contributed by atoms with Crippen molar-refractivity contribution in [2.75, 3.05) is 13.7 Å². The molecule has 1 aromatic rings. The van der Waals surface area contributed by atoms with Crippen LogP contribution in [0.5, 0.6) is 11.5 Å². The number of carbonyl (C=O) groups excluding carboxylic acids is 1. The Balaban J connectivity index is 2.47. The van der Waals surface area contributed by atoms with Crippen LogP contribution >= 0.6 is 0 Å². The highest BCUT2D eigenvalue weighted by atomic mass is 16.5. The molecule has 0 saturated carbocycles. The lowest BCUT2D eigenvalue weighted by Crippen LogP contribution is -2.44. The van der Waals surface area contributed by atoms with Crippen LogP contribution < -0.4 is 15.4 Å². The SMILES string of the molecule is COc1ccc(O)c(CNCC(=O)NC(C)(C)C)c1. The third-order valence-electron chi connectivity index (χ3n) is 2.40. The highest BCUT2D eigenvalue weighted by Crippen LogP contribution is 2.22. The molecule has 106 valence electrons. The van der Waals surface area contributed by atoms with Crippen molar-refractivity contribution in [3.8, 4) is 11.5 Å². The summed E-state index contributed by atoms with van der Waals surface area (Å²) in [7, 11) is 1.57. The summed E-state index contributed by atoms with van der Waals surface area (Å²) in [4.78, 5) is 11.6. The number of aromatic hydroxyl groups is 1. The zero-order valence-corrected chi connectivity index (χ0v) is 11.9. The molecule has 0 bridgehead atoms. The minimum Gasteiger partial charge on any atom is -0.508 e. The standard InChI is InChI=1S/C14H22N2O3/c1-14(2,3)16-13(18)9-15-8-10-7-11(19-4)5-6-12(10)17/h5-7,15,17H,8-9H2,1-4H3,(H,16,18). The number of hydrogen-bond donors (Lipinski definition) is 3. The van der Waals surface area contributed by atoms with Crippen molar-refractivity contribution in [1.29, 1.82) is 0 Å². The molecule has 0 aliphatic heterocycles. The van der Waals surface area contributed by atoms with E-state index in [1.807, 2.05) is 20.8 Å². The quantitative estimate of drug-likeness (QED) is 0.753. The maximum atomic E-state index is 11.6. The van der Waals surface area contributed by atoms with E-state index in [0.29, 0.717) is 17.9 Å². The van der Waals surface area contributed by atoms with Crippen LogP contribution in [0.15, 0.2) is 18.2 Å². The highest BCUT2D eigenvalue weighted by molar-refractivity contribution is 5.78. The van der Waals surface area contributed by atoms with Gasteiger partial charge in [-0.15, -0.1) is 0 Å². The molecule has 0 saturated heterocycles. The Kier molecular flexibility index (Phi) is 5.18. The van der Waals surface area contributed by atoms with Gasteiger partial charge in [-0.1, -0.05) is 0 Å². The molecule has 5 nitrogen and oxygen atoms in total. The lowest BCUT2D eigenvalue weighted by atomic mass is 10.1. The number of rotatable bonds is 5. The lowest BCUT2D eigenvalue weighted by molar-refractivity contribution is -0.121. The monoisotopic (exact) mass is 266 g/mol. The molecule has 1 rings (SSSR count). The summed E-state index contributed by atoms with van der Waals surface area (Å²) in [5, 5.41) is 15.5. The van der Waals surface area contributed by atoms with Gasteiger partial charge in [-0.2, -0.15) is 0 Å². The van der Waals surface area contributed by atoms with Crippen LogP contribution in [0.2, 0.25) is 0 Å². The van der Waals surface area contributed by atoms with Crippen LogP contribution in [0.3, 0.4) is 0 Å². The largest absolute Gasteiger partial charge is 0.508 e. The minimum atomic E-state index is -0.239. The van der Waals surface area contributed by atoms with E-state index >= 15 is 0 Å². The van der Waals surface area contributed by atoms with E-state index in [-0.39, 0.29) is 23.7 Å². The van der Waals surface area contributed by atoms with E-state index in [2.05, 4.69) is 10.6 Å². The summed E-state index contributed by atoms with van der Waals surface area (Å²) in [6, 6.07) is 5.00. The molecule has 1 amide bonds. The summed E-state index contributed by atoms with van der Waals surface area (Å²) in [6.07, 6.45) is 0. The smallest absolute Gasteiger partial charge is 0.234 e. The number of hydrogen-bond acceptors (Lipinski definition) is 4. The maximum absolute atomic E-state index is 11.6. The Morgan fingerprint density at radius 1 is 1.37 bits per heavy atom. The number of carbonyl (C=O) groups is 1. The molecule has 0 aliphatic rings. The summed E-state index contributed by atoms with van der Waals surface area (Å²) >= 11 is 0. The number of nitrogens with one attached hydrogen (secondary N) is 2. The summed E-state index contributed by atoms with van der Waals surface area (Å²) in [5.74, 6) is 0.785. The molecular formula is C14H22N2O3. The fourth-order valence-electron chi connectivity index (χ4n) is 1.60. The Morgan fingerprint density at radius 3 is 2.63 bits per heavy atom. The fraction of sp³-hybridized carbons (Fsp3) is 0.500. The third kappa shape index (κ3) is 5.61.